The third-order valence-electron chi connectivity index (χ3n) is 2.59. The SMILES string of the molecule is Cl.NCC(=O)NCC(=O)NCCCc1ccc(Cl)cc1Cl. The quantitative estimate of drug-likeness (QED) is 0.649. The number of carbonyl (C=O) groups is 2. The van der Waals surface area contributed by atoms with Crippen LogP contribution in [0.2, 0.25) is 10.0 Å². The summed E-state index contributed by atoms with van der Waals surface area (Å²) < 4.78 is 0. The number of aryl methyl sites for hydroxylation is 1. The minimum absolute atomic E-state index is 0. The van der Waals surface area contributed by atoms with Crippen LogP contribution in [0.5, 0.6) is 0 Å². The fourth-order valence-corrected chi connectivity index (χ4v) is 2.05. The summed E-state index contributed by atoms with van der Waals surface area (Å²) >= 11 is 11.8. The van der Waals surface area contributed by atoms with Gasteiger partial charge in [0, 0.05) is 16.6 Å². The predicted molar refractivity (Wildman–Crippen MR) is 87.1 cm³/mol. The van der Waals surface area contributed by atoms with Crippen molar-refractivity contribution < 1.29 is 9.59 Å². The second-order valence-electron chi connectivity index (χ2n) is 4.17. The zero-order chi connectivity index (χ0) is 15.0. The number of amides is 2. The molecule has 0 spiro atoms. The molecule has 0 aliphatic carbocycles. The van der Waals surface area contributed by atoms with E-state index in [1.807, 2.05) is 6.07 Å². The number of halogens is 3. The Hall–Kier alpha value is -1.01. The molecule has 0 aliphatic heterocycles. The molecule has 0 unspecified atom stereocenters. The fraction of sp³-hybridized carbons (Fsp3) is 0.385. The van der Waals surface area contributed by atoms with Gasteiger partial charge in [0.25, 0.3) is 0 Å². The number of nitrogens with one attached hydrogen (secondary N) is 2. The number of nitrogens with two attached hydrogens (primary N) is 1. The van der Waals surface area contributed by atoms with Crippen molar-refractivity contribution in [1.82, 2.24) is 10.6 Å². The molecular formula is C13H18Cl3N3O2. The van der Waals surface area contributed by atoms with Crippen molar-refractivity contribution >= 4 is 47.4 Å². The Morgan fingerprint density at radius 2 is 1.86 bits per heavy atom. The summed E-state index contributed by atoms with van der Waals surface area (Å²) in [4.78, 5) is 22.2. The van der Waals surface area contributed by atoms with E-state index in [9.17, 15) is 9.59 Å². The van der Waals surface area contributed by atoms with Crippen molar-refractivity contribution in [3.8, 4) is 0 Å². The van der Waals surface area contributed by atoms with E-state index < -0.39 is 0 Å². The second-order valence-corrected chi connectivity index (χ2v) is 5.01. The Labute approximate surface area is 140 Å². The van der Waals surface area contributed by atoms with Crippen molar-refractivity contribution in [2.75, 3.05) is 19.6 Å². The molecule has 0 bridgehead atoms. The van der Waals surface area contributed by atoms with E-state index in [4.69, 9.17) is 28.9 Å². The Balaban J connectivity index is 0.00000400. The van der Waals surface area contributed by atoms with Crippen molar-refractivity contribution in [3.05, 3.63) is 33.8 Å². The summed E-state index contributed by atoms with van der Waals surface area (Å²) in [5.41, 5.74) is 6.09. The van der Waals surface area contributed by atoms with Gasteiger partial charge in [-0.15, -0.1) is 12.4 Å². The van der Waals surface area contributed by atoms with Gasteiger partial charge in [0.2, 0.25) is 11.8 Å². The third-order valence-corrected chi connectivity index (χ3v) is 3.18. The van der Waals surface area contributed by atoms with Crippen LogP contribution >= 0.6 is 35.6 Å². The molecule has 118 valence electrons. The van der Waals surface area contributed by atoms with Crippen LogP contribution in [0.15, 0.2) is 18.2 Å². The first-order valence-electron chi connectivity index (χ1n) is 6.20. The van der Waals surface area contributed by atoms with Crippen molar-refractivity contribution in [2.24, 2.45) is 5.73 Å². The largest absolute Gasteiger partial charge is 0.355 e. The molecule has 0 atom stereocenters. The van der Waals surface area contributed by atoms with E-state index >= 15 is 0 Å². The molecule has 0 aromatic heterocycles. The van der Waals surface area contributed by atoms with E-state index in [-0.39, 0.29) is 37.3 Å². The lowest BCUT2D eigenvalue weighted by Gasteiger charge is -2.07. The number of hydrogen-bond donors (Lipinski definition) is 3. The average molecular weight is 355 g/mol. The van der Waals surface area contributed by atoms with Gasteiger partial charge in [0.15, 0.2) is 0 Å². The van der Waals surface area contributed by atoms with Crippen molar-refractivity contribution in [1.29, 1.82) is 0 Å². The van der Waals surface area contributed by atoms with E-state index in [2.05, 4.69) is 10.6 Å². The van der Waals surface area contributed by atoms with E-state index in [0.717, 1.165) is 18.4 Å². The topological polar surface area (TPSA) is 84.2 Å². The van der Waals surface area contributed by atoms with Gasteiger partial charge < -0.3 is 16.4 Å². The fourth-order valence-electron chi connectivity index (χ4n) is 1.54. The van der Waals surface area contributed by atoms with Crippen molar-refractivity contribution in [3.63, 3.8) is 0 Å². The van der Waals surface area contributed by atoms with Gasteiger partial charge in [-0.3, -0.25) is 9.59 Å². The Morgan fingerprint density at radius 1 is 1.14 bits per heavy atom. The molecule has 0 heterocycles. The van der Waals surface area contributed by atoms with Gasteiger partial charge in [0.05, 0.1) is 13.1 Å². The molecule has 0 aliphatic rings. The molecule has 0 radical (unpaired) electrons. The average Bonchev–Trinajstić information content (AvgIpc) is 2.42. The monoisotopic (exact) mass is 353 g/mol. The maximum absolute atomic E-state index is 11.4. The number of rotatable bonds is 7. The van der Waals surface area contributed by atoms with Crippen LogP contribution in [0.25, 0.3) is 0 Å². The maximum Gasteiger partial charge on any atom is 0.239 e. The van der Waals surface area contributed by atoms with Crippen LogP contribution in [-0.2, 0) is 16.0 Å². The molecule has 1 rings (SSSR count). The van der Waals surface area contributed by atoms with E-state index in [1.165, 1.54) is 0 Å². The number of benzene rings is 1. The lowest BCUT2D eigenvalue weighted by atomic mass is 10.1. The van der Waals surface area contributed by atoms with Gasteiger partial charge >= 0.3 is 0 Å². The van der Waals surface area contributed by atoms with E-state index in [1.54, 1.807) is 12.1 Å². The van der Waals surface area contributed by atoms with Gasteiger partial charge in [-0.05, 0) is 30.5 Å². The lowest BCUT2D eigenvalue weighted by molar-refractivity contribution is -0.125. The summed E-state index contributed by atoms with van der Waals surface area (Å²) in [6, 6.07) is 5.34. The first kappa shape index (κ1) is 20.0. The molecule has 0 fully saturated rings. The molecule has 2 amide bonds. The highest BCUT2D eigenvalue weighted by Gasteiger charge is 2.04. The first-order valence-corrected chi connectivity index (χ1v) is 6.96. The van der Waals surface area contributed by atoms with Gasteiger partial charge in [0.1, 0.15) is 0 Å². The molecule has 0 saturated heterocycles. The smallest absolute Gasteiger partial charge is 0.239 e. The van der Waals surface area contributed by atoms with Crippen LogP contribution < -0.4 is 16.4 Å². The molecule has 21 heavy (non-hydrogen) atoms. The molecule has 4 N–H and O–H groups in total. The van der Waals surface area contributed by atoms with Crippen LogP contribution in [0.3, 0.4) is 0 Å². The second kappa shape index (κ2) is 10.7. The molecule has 8 heteroatoms. The van der Waals surface area contributed by atoms with Crippen LogP contribution in [0, 0.1) is 0 Å². The number of hydrogen-bond acceptors (Lipinski definition) is 3. The molecule has 1 aromatic rings. The Kier molecular flexibility index (Phi) is 10.2. The van der Waals surface area contributed by atoms with Gasteiger partial charge in [-0.2, -0.15) is 0 Å². The Morgan fingerprint density at radius 3 is 2.48 bits per heavy atom. The van der Waals surface area contributed by atoms with Gasteiger partial charge in [-0.25, -0.2) is 0 Å². The Bertz CT molecular complexity index is 484. The standard InChI is InChI=1S/C13H17Cl2N3O2.ClH/c14-10-4-3-9(11(15)6-10)2-1-5-17-13(20)8-18-12(19)7-16;/h3-4,6H,1-2,5,7-8,16H2,(H,17,20)(H,18,19);1H. The zero-order valence-corrected chi connectivity index (χ0v) is 13.7. The minimum atomic E-state index is -0.354. The highest BCUT2D eigenvalue weighted by Crippen LogP contribution is 2.21. The van der Waals surface area contributed by atoms with Gasteiger partial charge in [-0.1, -0.05) is 29.3 Å². The molecule has 0 saturated carbocycles. The maximum atomic E-state index is 11.4. The highest BCUT2D eigenvalue weighted by molar-refractivity contribution is 6.35. The molecular weight excluding hydrogens is 337 g/mol. The first-order chi connectivity index (χ1) is 9.52. The number of carbonyl (C=O) groups excluding carboxylic acids is 2. The van der Waals surface area contributed by atoms with Crippen LogP contribution in [-0.4, -0.2) is 31.4 Å². The van der Waals surface area contributed by atoms with Crippen LogP contribution in [0.4, 0.5) is 0 Å². The lowest BCUT2D eigenvalue weighted by Crippen LogP contribution is -2.39. The summed E-state index contributed by atoms with van der Waals surface area (Å²) in [5, 5.41) is 6.32. The molecule has 5 nitrogen and oxygen atoms in total. The zero-order valence-electron chi connectivity index (χ0n) is 11.3. The normalized spacial score (nSPS) is 9.67. The predicted octanol–water partition coefficient (Wildman–Crippen LogP) is 1.54. The summed E-state index contributed by atoms with van der Waals surface area (Å²) in [5.74, 6) is -0.595. The summed E-state index contributed by atoms with van der Waals surface area (Å²) in [6.07, 6.45) is 1.49. The third kappa shape index (κ3) is 8.12. The highest BCUT2D eigenvalue weighted by atomic mass is 35.5. The van der Waals surface area contributed by atoms with Crippen LogP contribution in [0.1, 0.15) is 12.0 Å². The molecule has 1 aromatic carbocycles. The minimum Gasteiger partial charge on any atom is -0.355 e. The van der Waals surface area contributed by atoms with E-state index in [0.29, 0.717) is 16.6 Å². The summed E-state index contributed by atoms with van der Waals surface area (Å²) in [6.45, 7) is 0.330. The van der Waals surface area contributed by atoms with Crippen molar-refractivity contribution in [2.45, 2.75) is 12.8 Å². The summed E-state index contributed by atoms with van der Waals surface area (Å²) in [7, 11) is 0.